The molecule has 1 unspecified atom stereocenters. The summed E-state index contributed by atoms with van der Waals surface area (Å²) in [6, 6.07) is 0.726. The molecule has 1 aliphatic carbocycles. The third kappa shape index (κ3) is 2.95. The molecule has 2 rings (SSSR count). The van der Waals surface area contributed by atoms with Gasteiger partial charge in [-0.05, 0) is 35.8 Å². The number of nitrogens with one attached hydrogen (secondary N) is 1. The Morgan fingerprint density at radius 3 is 2.44 bits per heavy atom. The zero-order valence-electron chi connectivity index (χ0n) is 11.1. The molecule has 0 spiro atoms. The average Bonchev–Trinajstić information content (AvgIpc) is 2.64. The van der Waals surface area contributed by atoms with Crippen LogP contribution in [0.5, 0.6) is 0 Å². The van der Waals surface area contributed by atoms with Gasteiger partial charge in [-0.1, -0.05) is 33.6 Å². The van der Waals surface area contributed by atoms with Crippen LogP contribution in [0.1, 0.15) is 52.9 Å². The summed E-state index contributed by atoms with van der Waals surface area (Å²) in [6.07, 6.45) is 7.12. The Labute approximate surface area is 105 Å². The van der Waals surface area contributed by atoms with Crippen molar-refractivity contribution in [3.05, 3.63) is 0 Å². The van der Waals surface area contributed by atoms with Gasteiger partial charge in [-0.3, -0.25) is 0 Å². The molecular weight excluding hydrogens is 214 g/mol. The molecule has 0 radical (unpaired) electrons. The van der Waals surface area contributed by atoms with Crippen molar-refractivity contribution in [3.63, 3.8) is 0 Å². The Balaban J connectivity index is 1.84. The largest absolute Gasteiger partial charge is 0.312 e. The van der Waals surface area contributed by atoms with E-state index in [4.69, 9.17) is 0 Å². The van der Waals surface area contributed by atoms with Crippen molar-refractivity contribution in [3.8, 4) is 0 Å². The minimum Gasteiger partial charge on any atom is -0.312 e. The van der Waals surface area contributed by atoms with Gasteiger partial charge in [0, 0.05) is 18.3 Å². The fourth-order valence-corrected chi connectivity index (χ4v) is 4.69. The van der Waals surface area contributed by atoms with Crippen LogP contribution in [0.15, 0.2) is 0 Å². The Morgan fingerprint density at radius 1 is 1.12 bits per heavy atom. The molecule has 1 N–H and O–H groups in total. The van der Waals surface area contributed by atoms with Crippen LogP contribution in [0, 0.1) is 10.8 Å². The summed E-state index contributed by atoms with van der Waals surface area (Å²) < 4.78 is 0. The van der Waals surface area contributed by atoms with Crippen LogP contribution >= 0.6 is 11.8 Å². The van der Waals surface area contributed by atoms with E-state index in [0.29, 0.717) is 10.8 Å². The molecule has 0 aromatic carbocycles. The topological polar surface area (TPSA) is 12.0 Å². The van der Waals surface area contributed by atoms with E-state index in [2.05, 4.69) is 37.8 Å². The summed E-state index contributed by atoms with van der Waals surface area (Å²) in [5, 5.41) is 3.87. The Morgan fingerprint density at radius 2 is 1.81 bits per heavy atom. The van der Waals surface area contributed by atoms with Gasteiger partial charge < -0.3 is 5.32 Å². The van der Waals surface area contributed by atoms with Gasteiger partial charge in [0.15, 0.2) is 0 Å². The maximum absolute atomic E-state index is 3.87. The Bertz CT molecular complexity index is 231. The maximum Gasteiger partial charge on any atom is 0.0209 e. The van der Waals surface area contributed by atoms with E-state index in [9.17, 15) is 0 Å². The molecule has 1 saturated heterocycles. The lowest BCUT2D eigenvalue weighted by Crippen LogP contribution is -2.49. The highest BCUT2D eigenvalue weighted by atomic mass is 32.2. The molecule has 16 heavy (non-hydrogen) atoms. The van der Waals surface area contributed by atoms with Gasteiger partial charge in [0.25, 0.3) is 0 Å². The van der Waals surface area contributed by atoms with E-state index in [1.807, 2.05) is 0 Å². The van der Waals surface area contributed by atoms with Crippen molar-refractivity contribution in [2.45, 2.75) is 58.9 Å². The Hall–Kier alpha value is 0.310. The van der Waals surface area contributed by atoms with E-state index in [1.165, 1.54) is 50.2 Å². The van der Waals surface area contributed by atoms with E-state index in [1.54, 1.807) is 0 Å². The predicted molar refractivity (Wildman–Crippen MR) is 74.1 cm³/mol. The minimum atomic E-state index is 0.500. The maximum atomic E-state index is 3.87. The number of rotatable bonds is 3. The molecule has 1 heterocycles. The van der Waals surface area contributed by atoms with Gasteiger partial charge in [-0.2, -0.15) is 11.8 Å². The molecular formula is C14H27NS. The second-order valence-corrected chi connectivity index (χ2v) is 7.91. The highest BCUT2D eigenvalue weighted by molar-refractivity contribution is 7.99. The first-order valence-corrected chi connectivity index (χ1v) is 7.99. The van der Waals surface area contributed by atoms with Crippen molar-refractivity contribution in [2.75, 3.05) is 18.1 Å². The normalized spacial score (nSPS) is 32.8. The lowest BCUT2D eigenvalue weighted by Gasteiger charge is -2.40. The van der Waals surface area contributed by atoms with Crippen molar-refractivity contribution >= 4 is 11.8 Å². The number of hydrogen-bond donors (Lipinski definition) is 1. The zero-order valence-corrected chi connectivity index (χ0v) is 12.0. The van der Waals surface area contributed by atoms with Crippen LogP contribution in [-0.2, 0) is 0 Å². The summed E-state index contributed by atoms with van der Waals surface area (Å²) in [7, 11) is 0. The summed E-state index contributed by atoms with van der Waals surface area (Å²) >= 11 is 2.12. The number of hydrogen-bond acceptors (Lipinski definition) is 2. The van der Waals surface area contributed by atoms with E-state index in [-0.39, 0.29) is 0 Å². The third-order valence-corrected chi connectivity index (χ3v) is 5.77. The van der Waals surface area contributed by atoms with Gasteiger partial charge >= 0.3 is 0 Å². The summed E-state index contributed by atoms with van der Waals surface area (Å²) in [5.41, 5.74) is 1.10. The van der Waals surface area contributed by atoms with Crippen LogP contribution < -0.4 is 5.32 Å². The molecule has 2 aliphatic rings. The molecule has 0 bridgehead atoms. The van der Waals surface area contributed by atoms with E-state index >= 15 is 0 Å². The van der Waals surface area contributed by atoms with Gasteiger partial charge in [-0.15, -0.1) is 0 Å². The monoisotopic (exact) mass is 241 g/mol. The summed E-state index contributed by atoms with van der Waals surface area (Å²) in [5.74, 6) is 2.66. The lowest BCUT2D eigenvalue weighted by atomic mass is 9.81. The number of thioether (sulfide) groups is 1. The second kappa shape index (κ2) is 4.89. The first-order chi connectivity index (χ1) is 7.52. The molecule has 2 fully saturated rings. The molecule has 0 amide bonds. The average molecular weight is 241 g/mol. The minimum absolute atomic E-state index is 0.500. The van der Waals surface area contributed by atoms with Crippen LogP contribution in [0.2, 0.25) is 0 Å². The molecule has 1 atom stereocenters. The van der Waals surface area contributed by atoms with Gasteiger partial charge in [0.2, 0.25) is 0 Å². The van der Waals surface area contributed by atoms with Crippen molar-refractivity contribution in [2.24, 2.45) is 10.8 Å². The first-order valence-electron chi connectivity index (χ1n) is 6.83. The molecule has 94 valence electrons. The molecule has 0 aromatic heterocycles. The SMILES string of the molecule is CC1(CNC2CSCCC2(C)C)CCCC1. The zero-order chi connectivity index (χ0) is 11.6. The third-order valence-electron chi connectivity index (χ3n) is 4.70. The molecule has 2 heteroatoms. The van der Waals surface area contributed by atoms with Crippen molar-refractivity contribution < 1.29 is 0 Å². The fraction of sp³-hybridized carbons (Fsp3) is 1.00. The second-order valence-electron chi connectivity index (χ2n) is 6.76. The van der Waals surface area contributed by atoms with Crippen LogP contribution in [0.4, 0.5) is 0 Å². The van der Waals surface area contributed by atoms with Crippen molar-refractivity contribution in [1.29, 1.82) is 0 Å². The van der Waals surface area contributed by atoms with Crippen LogP contribution in [0.3, 0.4) is 0 Å². The van der Waals surface area contributed by atoms with E-state index < -0.39 is 0 Å². The highest BCUT2D eigenvalue weighted by Crippen LogP contribution is 2.38. The predicted octanol–water partition coefficient (Wildman–Crippen LogP) is 3.69. The quantitative estimate of drug-likeness (QED) is 0.809. The fourth-order valence-electron chi connectivity index (χ4n) is 3.05. The lowest BCUT2D eigenvalue weighted by molar-refractivity contribution is 0.211. The van der Waals surface area contributed by atoms with Crippen LogP contribution in [0.25, 0.3) is 0 Å². The van der Waals surface area contributed by atoms with Gasteiger partial charge in [0.05, 0.1) is 0 Å². The molecule has 0 aromatic rings. The van der Waals surface area contributed by atoms with Crippen LogP contribution in [-0.4, -0.2) is 24.1 Å². The van der Waals surface area contributed by atoms with Gasteiger partial charge in [0.1, 0.15) is 0 Å². The van der Waals surface area contributed by atoms with E-state index in [0.717, 1.165) is 6.04 Å². The molecule has 1 aliphatic heterocycles. The van der Waals surface area contributed by atoms with Gasteiger partial charge in [-0.25, -0.2) is 0 Å². The highest BCUT2D eigenvalue weighted by Gasteiger charge is 2.35. The molecule has 1 saturated carbocycles. The summed E-state index contributed by atoms with van der Waals surface area (Å²) in [4.78, 5) is 0. The van der Waals surface area contributed by atoms with Crippen molar-refractivity contribution in [1.82, 2.24) is 5.32 Å². The first kappa shape index (κ1) is 12.8. The molecule has 1 nitrogen and oxygen atoms in total. The summed E-state index contributed by atoms with van der Waals surface area (Å²) in [6.45, 7) is 8.57. The smallest absolute Gasteiger partial charge is 0.0209 e. The standard InChI is InChI=1S/C14H27NS/c1-13(2)8-9-16-10-12(13)15-11-14(3)6-4-5-7-14/h12,15H,4-11H2,1-3H3. The Kier molecular flexibility index (Phi) is 3.90.